The minimum atomic E-state index is -0.562. The van der Waals surface area contributed by atoms with Crippen LogP contribution in [-0.4, -0.2) is 74.7 Å². The number of fused-ring (bicyclic) bond motifs is 2. The molecule has 4 heterocycles. The minimum Gasteiger partial charge on any atom is -0.325 e. The normalized spacial score (nSPS) is 14.5. The van der Waals surface area contributed by atoms with Gasteiger partial charge in [0, 0.05) is 50.4 Å². The molecule has 0 spiro atoms. The molecule has 1 aliphatic rings. The van der Waals surface area contributed by atoms with Crippen molar-refractivity contribution >= 4 is 33.8 Å². The van der Waals surface area contributed by atoms with E-state index in [1.807, 2.05) is 31.2 Å². The molecule has 9 nitrogen and oxygen atoms in total. The summed E-state index contributed by atoms with van der Waals surface area (Å²) >= 11 is 0. The van der Waals surface area contributed by atoms with Gasteiger partial charge in [0.15, 0.2) is 5.78 Å². The van der Waals surface area contributed by atoms with E-state index >= 15 is 0 Å². The molecular weight excluding hydrogens is 523 g/mol. The van der Waals surface area contributed by atoms with Gasteiger partial charge < -0.3 is 14.3 Å². The molecule has 1 saturated heterocycles. The molecule has 1 fully saturated rings. The van der Waals surface area contributed by atoms with Gasteiger partial charge in [0.25, 0.3) is 0 Å². The summed E-state index contributed by atoms with van der Waals surface area (Å²) in [5.41, 5.74) is 4.69. The van der Waals surface area contributed by atoms with Crippen LogP contribution in [-0.2, 0) is 0 Å². The number of piperidine rings is 1. The van der Waals surface area contributed by atoms with Gasteiger partial charge >= 0.3 is 6.09 Å². The summed E-state index contributed by atoms with van der Waals surface area (Å²) in [6, 6.07) is 14.1. The van der Waals surface area contributed by atoms with Gasteiger partial charge in [0.1, 0.15) is 17.2 Å². The summed E-state index contributed by atoms with van der Waals surface area (Å²) in [7, 11) is 3.19. The Kier molecular flexibility index (Phi) is 7.00. The topological polar surface area (TPSA) is 85.5 Å². The number of aryl methyl sites for hydroxylation is 1. The SMILES string of the molecule is Cc1nc2cnccc2n1C1CCN(CC(=O)c2cn(OC(=O)N(C)C)c3cc(-c4ccc(F)cc4)ccc23)CC1. The number of Topliss-reactive ketones (excluding diaryl/α,β-unsaturated/α-hetero) is 1. The molecule has 0 unspecified atom stereocenters. The van der Waals surface area contributed by atoms with E-state index in [-0.39, 0.29) is 18.1 Å². The smallest absolute Gasteiger partial charge is 0.325 e. The first-order valence-corrected chi connectivity index (χ1v) is 13.6. The first-order valence-electron chi connectivity index (χ1n) is 13.6. The quantitative estimate of drug-likeness (QED) is 0.271. The minimum absolute atomic E-state index is 0.0435. The number of ketones is 1. The maximum atomic E-state index is 13.6. The number of carbonyl (C=O) groups is 2. The second-order valence-electron chi connectivity index (χ2n) is 10.7. The lowest BCUT2D eigenvalue weighted by Crippen LogP contribution is -2.38. The number of hydrogen-bond donors (Lipinski definition) is 0. The average molecular weight is 555 g/mol. The highest BCUT2D eigenvalue weighted by atomic mass is 19.1. The van der Waals surface area contributed by atoms with Crippen molar-refractivity contribution in [3.8, 4) is 11.1 Å². The summed E-state index contributed by atoms with van der Waals surface area (Å²) < 4.78 is 17.1. The number of hydrogen-bond acceptors (Lipinski definition) is 6. The molecule has 2 aromatic carbocycles. The Balaban J connectivity index is 1.23. The maximum absolute atomic E-state index is 13.6. The molecule has 210 valence electrons. The Bertz CT molecular complexity index is 1750. The highest BCUT2D eigenvalue weighted by Crippen LogP contribution is 2.30. The number of benzene rings is 2. The van der Waals surface area contributed by atoms with Gasteiger partial charge in [-0.2, -0.15) is 4.73 Å². The maximum Gasteiger partial charge on any atom is 0.434 e. The molecule has 0 aliphatic carbocycles. The van der Waals surface area contributed by atoms with Crippen molar-refractivity contribution in [1.29, 1.82) is 0 Å². The van der Waals surface area contributed by atoms with E-state index in [1.165, 1.54) is 21.8 Å². The van der Waals surface area contributed by atoms with Gasteiger partial charge in [-0.25, -0.2) is 14.2 Å². The number of rotatable bonds is 6. The third-order valence-corrected chi connectivity index (χ3v) is 7.75. The van der Waals surface area contributed by atoms with Crippen LogP contribution in [0.15, 0.2) is 67.1 Å². The van der Waals surface area contributed by atoms with Crippen LogP contribution in [0, 0.1) is 12.7 Å². The lowest BCUT2D eigenvalue weighted by molar-refractivity contribution is 0.0893. The Morgan fingerprint density at radius 1 is 1.02 bits per heavy atom. The van der Waals surface area contributed by atoms with Crippen molar-refractivity contribution < 1.29 is 18.8 Å². The molecule has 0 N–H and O–H groups in total. The van der Waals surface area contributed by atoms with Crippen molar-refractivity contribution in [2.24, 2.45) is 0 Å². The van der Waals surface area contributed by atoms with Crippen LogP contribution in [0.1, 0.15) is 35.1 Å². The Morgan fingerprint density at radius 3 is 2.49 bits per heavy atom. The van der Waals surface area contributed by atoms with Crippen molar-refractivity contribution in [2.45, 2.75) is 25.8 Å². The van der Waals surface area contributed by atoms with Crippen LogP contribution in [0.4, 0.5) is 9.18 Å². The van der Waals surface area contributed by atoms with E-state index in [4.69, 9.17) is 4.84 Å². The van der Waals surface area contributed by atoms with Crippen LogP contribution in [0.3, 0.4) is 0 Å². The van der Waals surface area contributed by atoms with Crippen molar-refractivity contribution in [3.63, 3.8) is 0 Å². The van der Waals surface area contributed by atoms with E-state index in [9.17, 15) is 14.0 Å². The second kappa shape index (κ2) is 10.8. The fourth-order valence-electron chi connectivity index (χ4n) is 5.64. The lowest BCUT2D eigenvalue weighted by atomic mass is 10.0. The van der Waals surface area contributed by atoms with E-state index in [0.29, 0.717) is 22.5 Å². The molecule has 5 aromatic rings. The van der Waals surface area contributed by atoms with Crippen LogP contribution in [0.25, 0.3) is 33.1 Å². The van der Waals surface area contributed by atoms with Gasteiger partial charge in [-0.3, -0.25) is 14.7 Å². The molecule has 6 rings (SSSR count). The van der Waals surface area contributed by atoms with Crippen molar-refractivity contribution in [3.05, 3.63) is 84.3 Å². The predicted molar refractivity (Wildman–Crippen MR) is 154 cm³/mol. The van der Waals surface area contributed by atoms with Gasteiger partial charge in [-0.05, 0) is 55.2 Å². The van der Waals surface area contributed by atoms with E-state index in [0.717, 1.165) is 53.9 Å². The number of carbonyl (C=O) groups excluding carboxylic acids is 2. The van der Waals surface area contributed by atoms with Gasteiger partial charge in [-0.15, -0.1) is 0 Å². The molecule has 0 bridgehead atoms. The van der Waals surface area contributed by atoms with E-state index < -0.39 is 6.09 Å². The van der Waals surface area contributed by atoms with Gasteiger partial charge in [0.05, 0.1) is 30.0 Å². The number of amides is 1. The summed E-state index contributed by atoms with van der Waals surface area (Å²) in [5.74, 6) is 0.612. The van der Waals surface area contributed by atoms with Crippen molar-refractivity contribution in [1.82, 2.24) is 29.1 Å². The third-order valence-electron chi connectivity index (χ3n) is 7.75. The summed E-state index contributed by atoms with van der Waals surface area (Å²) in [6.07, 6.45) is 6.43. The number of aromatic nitrogens is 4. The Labute approximate surface area is 236 Å². The zero-order chi connectivity index (χ0) is 28.7. The largest absolute Gasteiger partial charge is 0.434 e. The Hall–Kier alpha value is -4.57. The molecule has 1 amide bonds. The number of nitrogens with zero attached hydrogens (tertiary/aromatic N) is 6. The standard InChI is InChI=1S/C31H31FN6O3/c1-20-34-27-17-33-13-10-28(27)38(20)24-11-14-36(15-12-24)19-30(39)26-18-37(41-31(40)35(2)3)29-16-22(6-9-25(26)29)21-4-7-23(32)8-5-21/h4-10,13,16-18,24H,11-12,14-15,19H2,1-3H3. The molecule has 0 radical (unpaired) electrons. The lowest BCUT2D eigenvalue weighted by Gasteiger charge is -2.33. The first kappa shape index (κ1) is 26.6. The zero-order valence-electron chi connectivity index (χ0n) is 23.2. The fraction of sp³-hybridized carbons (Fsp3) is 0.290. The number of pyridine rings is 1. The molecule has 1 aliphatic heterocycles. The van der Waals surface area contributed by atoms with Crippen molar-refractivity contribution in [2.75, 3.05) is 33.7 Å². The van der Waals surface area contributed by atoms with Crippen LogP contribution in [0.2, 0.25) is 0 Å². The molecule has 0 atom stereocenters. The molecular formula is C31H31FN6O3. The van der Waals surface area contributed by atoms with Gasteiger partial charge in [0.2, 0.25) is 0 Å². The predicted octanol–water partition coefficient (Wildman–Crippen LogP) is 5.13. The van der Waals surface area contributed by atoms with Crippen LogP contribution >= 0.6 is 0 Å². The highest BCUT2D eigenvalue weighted by molar-refractivity contribution is 6.09. The van der Waals surface area contributed by atoms with Crippen LogP contribution < -0.4 is 4.84 Å². The van der Waals surface area contributed by atoms with Crippen LogP contribution in [0.5, 0.6) is 0 Å². The first-order chi connectivity index (χ1) is 19.8. The summed E-state index contributed by atoms with van der Waals surface area (Å²) in [5, 5.41) is 0.691. The summed E-state index contributed by atoms with van der Waals surface area (Å²) in [4.78, 5) is 44.0. The molecule has 3 aromatic heterocycles. The molecule has 41 heavy (non-hydrogen) atoms. The van der Waals surface area contributed by atoms with E-state index in [1.54, 1.807) is 44.8 Å². The average Bonchev–Trinajstić information content (AvgIpc) is 3.50. The monoisotopic (exact) mass is 554 g/mol. The molecule has 0 saturated carbocycles. The second-order valence-corrected chi connectivity index (χ2v) is 10.7. The zero-order valence-corrected chi connectivity index (χ0v) is 23.2. The number of halogens is 1. The number of likely N-dealkylation sites (tertiary alicyclic amines) is 1. The summed E-state index contributed by atoms with van der Waals surface area (Å²) in [6.45, 7) is 3.85. The Morgan fingerprint density at radius 2 is 1.76 bits per heavy atom. The molecule has 10 heteroatoms. The highest BCUT2D eigenvalue weighted by Gasteiger charge is 2.26. The van der Waals surface area contributed by atoms with Gasteiger partial charge in [-0.1, -0.05) is 24.3 Å². The van der Waals surface area contributed by atoms with E-state index in [2.05, 4.69) is 19.4 Å². The fourth-order valence-corrected chi connectivity index (χ4v) is 5.64. The third kappa shape index (κ3) is 5.18. The number of imidazole rings is 1.